The van der Waals surface area contributed by atoms with Crippen LogP contribution in [0.3, 0.4) is 0 Å². The molecule has 0 fully saturated rings. The zero-order chi connectivity index (χ0) is 28.5. The lowest BCUT2D eigenvalue weighted by Crippen LogP contribution is -2.50. The Hall–Kier alpha value is -1.22. The molecule has 0 heterocycles. The molecule has 0 spiro atoms. The van der Waals surface area contributed by atoms with Crippen molar-refractivity contribution in [1.29, 1.82) is 0 Å². The number of carbonyl (C=O) groups excluding carboxylic acids is 1. The molecule has 0 saturated carbocycles. The fourth-order valence-electron chi connectivity index (χ4n) is 4.35. The predicted octanol–water partition coefficient (Wildman–Crippen LogP) is 6.64. The second kappa shape index (κ2) is 24.8. The van der Waals surface area contributed by atoms with Crippen molar-refractivity contribution in [2.75, 3.05) is 5.75 Å². The van der Waals surface area contributed by atoms with Gasteiger partial charge in [-0.3, -0.25) is 9.35 Å². The molecule has 38 heavy (non-hydrogen) atoms. The third-order valence-electron chi connectivity index (χ3n) is 6.74. The third-order valence-corrected chi connectivity index (χ3v) is 7.52. The van der Waals surface area contributed by atoms with Crippen LogP contribution in [0.2, 0.25) is 0 Å². The summed E-state index contributed by atoms with van der Waals surface area (Å²) < 4.78 is 32.1. The average molecular weight is 560 g/mol. The molecule has 0 aliphatic carbocycles. The van der Waals surface area contributed by atoms with Crippen molar-refractivity contribution >= 4 is 16.0 Å². The Balaban J connectivity index is 4.27. The molecule has 8 heteroatoms. The van der Waals surface area contributed by atoms with Gasteiger partial charge in [0.15, 0.2) is 0 Å². The van der Waals surface area contributed by atoms with Gasteiger partial charge in [-0.25, -0.2) is 0 Å². The highest BCUT2D eigenvalue weighted by Crippen LogP contribution is 2.13. The molecule has 3 unspecified atom stereocenters. The smallest absolute Gasteiger partial charge is 0.267 e. The summed E-state index contributed by atoms with van der Waals surface area (Å²) >= 11 is 0. The molecule has 0 bridgehead atoms. The van der Waals surface area contributed by atoms with Gasteiger partial charge in [-0.2, -0.15) is 8.42 Å². The number of allylic oxidation sites excluding steroid dienone is 3. The highest BCUT2D eigenvalue weighted by atomic mass is 32.2. The number of carbonyl (C=O) groups is 1. The summed E-state index contributed by atoms with van der Waals surface area (Å²) in [6.45, 7) is 4.39. The van der Waals surface area contributed by atoms with Crippen LogP contribution in [0.1, 0.15) is 136 Å². The normalized spacial score (nSPS) is 14.8. The van der Waals surface area contributed by atoms with Gasteiger partial charge in [0.2, 0.25) is 5.91 Å². The van der Waals surface area contributed by atoms with E-state index in [1.165, 1.54) is 76.7 Å². The Morgan fingerprint density at radius 3 is 1.74 bits per heavy atom. The lowest BCUT2D eigenvalue weighted by molar-refractivity contribution is -0.130. The van der Waals surface area contributed by atoms with Gasteiger partial charge in [0.25, 0.3) is 10.1 Å². The Labute approximate surface area is 233 Å². The largest absolute Gasteiger partial charge is 0.387 e. The number of aliphatic hydroxyl groups is 2. The van der Waals surface area contributed by atoms with Gasteiger partial charge in [-0.05, 0) is 32.1 Å². The summed E-state index contributed by atoms with van der Waals surface area (Å²) in [4.78, 5) is 12.4. The molecule has 1 amide bonds. The number of nitrogens with one attached hydrogen (secondary N) is 1. The first kappa shape index (κ1) is 36.8. The topological polar surface area (TPSA) is 124 Å². The van der Waals surface area contributed by atoms with Crippen LogP contribution in [0.4, 0.5) is 0 Å². The Bertz CT molecular complexity index is 722. The molecule has 0 aliphatic heterocycles. The number of unbranched alkanes of at least 4 members (excludes halogenated alkanes) is 15. The minimum Gasteiger partial charge on any atom is -0.387 e. The van der Waals surface area contributed by atoms with Crippen molar-refractivity contribution in [2.45, 2.75) is 154 Å². The van der Waals surface area contributed by atoms with E-state index in [0.717, 1.165) is 32.1 Å². The van der Waals surface area contributed by atoms with Crippen LogP contribution in [-0.4, -0.2) is 53.1 Å². The van der Waals surface area contributed by atoms with E-state index in [-0.39, 0.29) is 6.42 Å². The van der Waals surface area contributed by atoms with Crippen LogP contribution in [0, 0.1) is 0 Å². The number of aliphatic hydroxyl groups excluding tert-OH is 2. The average Bonchev–Trinajstić information content (AvgIpc) is 2.86. The van der Waals surface area contributed by atoms with Crippen molar-refractivity contribution in [2.24, 2.45) is 0 Å². The van der Waals surface area contributed by atoms with E-state index in [1.807, 2.05) is 0 Å². The van der Waals surface area contributed by atoms with Gasteiger partial charge in [0.05, 0.1) is 17.9 Å². The number of amides is 1. The molecule has 0 rings (SSSR count). The van der Waals surface area contributed by atoms with Crippen LogP contribution in [-0.2, 0) is 14.9 Å². The first-order valence-electron chi connectivity index (χ1n) is 15.1. The maximum absolute atomic E-state index is 12.4. The second-order valence-corrected chi connectivity index (χ2v) is 12.0. The molecule has 0 aromatic heterocycles. The molecule has 7 nitrogen and oxygen atoms in total. The van der Waals surface area contributed by atoms with Crippen LogP contribution in [0.15, 0.2) is 24.3 Å². The standard InChI is InChI=1S/C30H57NO6S/c1-3-5-7-9-11-13-14-15-17-19-21-23-25-29(33)30(34)31-27(26-38(35,36)37)28(32)24-22-20-18-16-12-10-8-6-4-2/h12,16,22,24,27-29,32-33H,3-11,13-15,17-21,23,25-26H2,1-2H3,(H,31,34)(H,35,36,37)/b16-12+,24-22+. The molecule has 0 radical (unpaired) electrons. The molecular weight excluding hydrogens is 502 g/mol. The van der Waals surface area contributed by atoms with Gasteiger partial charge in [-0.15, -0.1) is 0 Å². The van der Waals surface area contributed by atoms with E-state index in [0.29, 0.717) is 12.8 Å². The molecule has 4 N–H and O–H groups in total. The maximum Gasteiger partial charge on any atom is 0.267 e. The van der Waals surface area contributed by atoms with Crippen molar-refractivity contribution in [3.8, 4) is 0 Å². The van der Waals surface area contributed by atoms with Crippen LogP contribution in [0.5, 0.6) is 0 Å². The molecule has 0 aliphatic rings. The minimum absolute atomic E-state index is 0.276. The highest BCUT2D eigenvalue weighted by Gasteiger charge is 2.27. The summed E-state index contributed by atoms with van der Waals surface area (Å²) in [6.07, 6.45) is 25.4. The lowest BCUT2D eigenvalue weighted by atomic mass is 10.0. The molecule has 0 saturated heterocycles. The van der Waals surface area contributed by atoms with Crippen molar-refractivity contribution in [3.05, 3.63) is 24.3 Å². The number of hydrogen-bond acceptors (Lipinski definition) is 5. The number of hydrogen-bond donors (Lipinski definition) is 4. The Kier molecular flexibility index (Phi) is 24.0. The van der Waals surface area contributed by atoms with Gasteiger partial charge in [-0.1, -0.05) is 128 Å². The minimum atomic E-state index is -4.43. The monoisotopic (exact) mass is 559 g/mol. The lowest BCUT2D eigenvalue weighted by Gasteiger charge is -2.22. The predicted molar refractivity (Wildman–Crippen MR) is 158 cm³/mol. The van der Waals surface area contributed by atoms with Crippen molar-refractivity contribution in [3.63, 3.8) is 0 Å². The van der Waals surface area contributed by atoms with Gasteiger partial charge in [0.1, 0.15) is 6.10 Å². The van der Waals surface area contributed by atoms with Gasteiger partial charge < -0.3 is 15.5 Å². The highest BCUT2D eigenvalue weighted by molar-refractivity contribution is 7.85. The third kappa shape index (κ3) is 23.9. The number of rotatable bonds is 26. The van der Waals surface area contributed by atoms with Crippen molar-refractivity contribution < 1.29 is 28.0 Å². The first-order valence-corrected chi connectivity index (χ1v) is 16.8. The molecule has 224 valence electrons. The van der Waals surface area contributed by atoms with Crippen LogP contribution < -0.4 is 5.32 Å². The van der Waals surface area contributed by atoms with Gasteiger partial charge in [0, 0.05) is 0 Å². The fourth-order valence-corrected chi connectivity index (χ4v) is 5.09. The van der Waals surface area contributed by atoms with E-state index in [1.54, 1.807) is 6.08 Å². The summed E-state index contributed by atoms with van der Waals surface area (Å²) in [5.41, 5.74) is 0. The second-order valence-electron chi connectivity index (χ2n) is 10.5. The molecule has 3 atom stereocenters. The summed E-state index contributed by atoms with van der Waals surface area (Å²) in [5, 5.41) is 23.0. The van der Waals surface area contributed by atoms with E-state index < -0.39 is 40.0 Å². The summed E-state index contributed by atoms with van der Waals surface area (Å²) in [7, 11) is -4.43. The summed E-state index contributed by atoms with van der Waals surface area (Å²) in [5.74, 6) is -1.56. The zero-order valence-corrected chi connectivity index (χ0v) is 25.0. The van der Waals surface area contributed by atoms with E-state index in [2.05, 4.69) is 31.3 Å². The van der Waals surface area contributed by atoms with Crippen LogP contribution in [0.25, 0.3) is 0 Å². The quantitative estimate of drug-likeness (QED) is 0.0535. The van der Waals surface area contributed by atoms with Crippen molar-refractivity contribution in [1.82, 2.24) is 5.32 Å². The molecule has 0 aromatic rings. The summed E-state index contributed by atoms with van der Waals surface area (Å²) in [6, 6.07) is -1.24. The molecule has 0 aromatic carbocycles. The Morgan fingerprint density at radius 1 is 0.711 bits per heavy atom. The van der Waals surface area contributed by atoms with E-state index >= 15 is 0 Å². The fraction of sp³-hybridized carbons (Fsp3) is 0.833. The first-order chi connectivity index (χ1) is 18.2. The Morgan fingerprint density at radius 2 is 1.18 bits per heavy atom. The SMILES string of the molecule is CCCCC/C=C/CC/C=C/C(O)C(CS(=O)(=O)O)NC(=O)C(O)CCCCCCCCCCCCCC. The van der Waals surface area contributed by atoms with E-state index in [4.69, 9.17) is 0 Å². The molecular formula is C30H57NO6S. The maximum atomic E-state index is 12.4. The zero-order valence-electron chi connectivity index (χ0n) is 24.2. The van der Waals surface area contributed by atoms with Crippen LogP contribution >= 0.6 is 0 Å². The van der Waals surface area contributed by atoms with E-state index in [9.17, 15) is 28.0 Å². The van der Waals surface area contributed by atoms with Gasteiger partial charge >= 0.3 is 0 Å².